The number of nitrogens with zero attached hydrogens (tertiary/aromatic N) is 2. The van der Waals surface area contributed by atoms with Gasteiger partial charge in [-0.2, -0.15) is 0 Å². The van der Waals surface area contributed by atoms with Crippen molar-refractivity contribution in [1.82, 2.24) is 15.6 Å². The minimum atomic E-state index is 0.0434. The first-order chi connectivity index (χ1) is 10.3. The first-order valence-corrected chi connectivity index (χ1v) is 7.99. The minimum absolute atomic E-state index is 0.0434. The highest BCUT2D eigenvalue weighted by Gasteiger charge is 2.24. The fraction of sp³-hybridized carbons (Fsp3) is 0.625. The van der Waals surface area contributed by atoms with Gasteiger partial charge in [-0.25, -0.2) is 0 Å². The fourth-order valence-electron chi connectivity index (χ4n) is 3.23. The second-order valence-electron chi connectivity index (χ2n) is 6.03. The van der Waals surface area contributed by atoms with Gasteiger partial charge in [0, 0.05) is 37.7 Å². The Balaban J connectivity index is 1.40. The van der Waals surface area contributed by atoms with E-state index in [-0.39, 0.29) is 11.9 Å². The lowest BCUT2D eigenvalue weighted by Gasteiger charge is -2.33. The van der Waals surface area contributed by atoms with E-state index in [2.05, 4.69) is 32.7 Å². The molecule has 2 aliphatic heterocycles. The Hall–Kier alpha value is -1.62. The van der Waals surface area contributed by atoms with Crippen LogP contribution in [0.4, 0.5) is 5.69 Å². The van der Waals surface area contributed by atoms with Crippen LogP contribution < -0.4 is 15.5 Å². The Kier molecular flexibility index (Phi) is 4.70. The molecule has 5 heteroatoms. The molecule has 0 bridgehead atoms. The Bertz CT molecular complexity index is 451. The zero-order valence-corrected chi connectivity index (χ0v) is 12.4. The van der Waals surface area contributed by atoms with Gasteiger partial charge in [0.1, 0.15) is 0 Å². The highest BCUT2D eigenvalue weighted by Crippen LogP contribution is 2.22. The van der Waals surface area contributed by atoms with Gasteiger partial charge in [-0.3, -0.25) is 9.78 Å². The molecule has 0 radical (unpaired) electrons. The van der Waals surface area contributed by atoms with Crippen LogP contribution in [0.15, 0.2) is 24.5 Å². The average Bonchev–Trinajstić information content (AvgIpc) is 3.08. The molecule has 2 fully saturated rings. The third-order valence-corrected chi connectivity index (χ3v) is 4.58. The predicted molar refractivity (Wildman–Crippen MR) is 83.2 cm³/mol. The van der Waals surface area contributed by atoms with E-state index in [0.717, 1.165) is 51.9 Å². The van der Waals surface area contributed by atoms with Crippen molar-refractivity contribution in [2.75, 3.05) is 31.1 Å². The van der Waals surface area contributed by atoms with Crippen LogP contribution in [0.25, 0.3) is 0 Å². The van der Waals surface area contributed by atoms with Crippen molar-refractivity contribution < 1.29 is 4.79 Å². The molecule has 2 aliphatic rings. The number of hydrogen-bond donors (Lipinski definition) is 2. The van der Waals surface area contributed by atoms with Crippen LogP contribution in [0.1, 0.15) is 25.7 Å². The molecule has 2 N–H and O–H groups in total. The Labute approximate surface area is 126 Å². The van der Waals surface area contributed by atoms with Crippen LogP contribution >= 0.6 is 0 Å². The molecule has 0 aliphatic carbocycles. The number of rotatable bonds is 4. The maximum absolute atomic E-state index is 12.0. The lowest BCUT2D eigenvalue weighted by molar-refractivity contribution is -0.123. The van der Waals surface area contributed by atoms with Crippen LogP contribution in [-0.2, 0) is 4.79 Å². The van der Waals surface area contributed by atoms with Gasteiger partial charge in [0.15, 0.2) is 0 Å². The van der Waals surface area contributed by atoms with Crippen LogP contribution in [0.5, 0.6) is 0 Å². The van der Waals surface area contributed by atoms with Gasteiger partial charge in [-0.05, 0) is 50.3 Å². The van der Waals surface area contributed by atoms with Crippen molar-refractivity contribution in [3.63, 3.8) is 0 Å². The number of nitrogens with one attached hydrogen (secondary N) is 2. The Morgan fingerprint density at radius 2 is 2.05 bits per heavy atom. The summed E-state index contributed by atoms with van der Waals surface area (Å²) in [5.41, 5.74) is 1.25. The summed E-state index contributed by atoms with van der Waals surface area (Å²) >= 11 is 0. The van der Waals surface area contributed by atoms with E-state index in [1.807, 2.05) is 12.4 Å². The molecule has 3 heterocycles. The molecular weight excluding hydrogens is 264 g/mol. The van der Waals surface area contributed by atoms with Crippen LogP contribution in [0.3, 0.4) is 0 Å². The summed E-state index contributed by atoms with van der Waals surface area (Å²) in [5.74, 6) is 0.789. The Morgan fingerprint density at radius 1 is 1.29 bits per heavy atom. The Morgan fingerprint density at radius 3 is 2.71 bits per heavy atom. The summed E-state index contributed by atoms with van der Waals surface area (Å²) in [7, 11) is 0. The maximum atomic E-state index is 12.0. The van der Waals surface area contributed by atoms with Crippen molar-refractivity contribution >= 4 is 11.6 Å². The van der Waals surface area contributed by atoms with Crippen LogP contribution in [0.2, 0.25) is 0 Å². The lowest BCUT2D eigenvalue weighted by Crippen LogP contribution is -2.44. The lowest BCUT2D eigenvalue weighted by atomic mass is 9.96. The van der Waals surface area contributed by atoms with Crippen molar-refractivity contribution in [2.24, 2.45) is 5.92 Å². The molecule has 21 heavy (non-hydrogen) atoms. The second kappa shape index (κ2) is 6.89. The van der Waals surface area contributed by atoms with E-state index >= 15 is 0 Å². The third kappa shape index (κ3) is 3.73. The van der Waals surface area contributed by atoms with Crippen molar-refractivity contribution in [2.45, 2.75) is 31.7 Å². The quantitative estimate of drug-likeness (QED) is 0.873. The van der Waals surface area contributed by atoms with Gasteiger partial charge in [0.05, 0.1) is 6.04 Å². The molecule has 1 atom stereocenters. The monoisotopic (exact) mass is 288 g/mol. The molecule has 1 amide bonds. The predicted octanol–water partition coefficient (Wildman–Crippen LogP) is 1.17. The number of hydrogen-bond acceptors (Lipinski definition) is 4. The van der Waals surface area contributed by atoms with Crippen molar-refractivity contribution in [3.05, 3.63) is 24.5 Å². The number of carbonyl (C=O) groups is 1. The average molecular weight is 288 g/mol. The largest absolute Gasteiger partial charge is 0.371 e. The zero-order chi connectivity index (χ0) is 14.5. The van der Waals surface area contributed by atoms with Crippen LogP contribution in [-0.4, -0.2) is 43.1 Å². The summed E-state index contributed by atoms with van der Waals surface area (Å²) in [6, 6.07) is 4.17. The summed E-state index contributed by atoms with van der Waals surface area (Å²) < 4.78 is 0. The van der Waals surface area contributed by atoms with E-state index in [4.69, 9.17) is 0 Å². The minimum Gasteiger partial charge on any atom is -0.371 e. The highest BCUT2D eigenvalue weighted by molar-refractivity contribution is 5.81. The van der Waals surface area contributed by atoms with Gasteiger partial charge in [0.25, 0.3) is 0 Å². The smallest absolute Gasteiger partial charge is 0.237 e. The van der Waals surface area contributed by atoms with Gasteiger partial charge in [0.2, 0.25) is 5.91 Å². The second-order valence-corrected chi connectivity index (χ2v) is 6.03. The first kappa shape index (κ1) is 14.3. The van der Waals surface area contributed by atoms with E-state index in [1.54, 1.807) is 0 Å². The van der Waals surface area contributed by atoms with E-state index in [0.29, 0.717) is 5.92 Å². The normalized spacial score (nSPS) is 23.2. The molecule has 1 unspecified atom stereocenters. The van der Waals surface area contributed by atoms with Gasteiger partial charge in [-0.15, -0.1) is 0 Å². The summed E-state index contributed by atoms with van der Waals surface area (Å²) in [4.78, 5) is 18.4. The fourth-order valence-corrected chi connectivity index (χ4v) is 3.23. The number of anilines is 1. The molecule has 0 aromatic carbocycles. The molecule has 5 nitrogen and oxygen atoms in total. The molecule has 0 saturated carbocycles. The van der Waals surface area contributed by atoms with Gasteiger partial charge >= 0.3 is 0 Å². The van der Waals surface area contributed by atoms with E-state index in [1.165, 1.54) is 5.69 Å². The van der Waals surface area contributed by atoms with Crippen molar-refractivity contribution in [1.29, 1.82) is 0 Å². The molecule has 2 saturated heterocycles. The van der Waals surface area contributed by atoms with E-state index < -0.39 is 0 Å². The number of amides is 1. The topological polar surface area (TPSA) is 57.3 Å². The van der Waals surface area contributed by atoms with E-state index in [9.17, 15) is 4.79 Å². The molecule has 1 aromatic heterocycles. The molecule has 1 aromatic rings. The van der Waals surface area contributed by atoms with Gasteiger partial charge < -0.3 is 15.5 Å². The molecule has 3 rings (SSSR count). The number of carbonyl (C=O) groups excluding carboxylic acids is 1. The molecular formula is C16H24N4O. The summed E-state index contributed by atoms with van der Waals surface area (Å²) in [6.07, 6.45) is 8.06. The van der Waals surface area contributed by atoms with Crippen molar-refractivity contribution in [3.8, 4) is 0 Å². The third-order valence-electron chi connectivity index (χ3n) is 4.58. The molecule has 114 valence electrons. The standard InChI is InChI=1S/C16H24N4O/c21-16(15-2-1-7-18-15)19-12-13-5-10-20(11-6-13)14-3-8-17-9-4-14/h3-4,8-9,13,15,18H,1-2,5-7,10-12H2,(H,19,21). The first-order valence-electron chi connectivity index (χ1n) is 7.99. The summed E-state index contributed by atoms with van der Waals surface area (Å²) in [6.45, 7) is 3.92. The zero-order valence-electron chi connectivity index (χ0n) is 12.4. The maximum Gasteiger partial charge on any atom is 0.237 e. The van der Waals surface area contributed by atoms with Crippen LogP contribution in [0, 0.1) is 5.92 Å². The number of aromatic nitrogens is 1. The highest BCUT2D eigenvalue weighted by atomic mass is 16.2. The SMILES string of the molecule is O=C(NCC1CCN(c2ccncc2)CC1)C1CCCN1. The van der Waals surface area contributed by atoms with Gasteiger partial charge in [-0.1, -0.05) is 0 Å². The number of piperidine rings is 1. The number of pyridine rings is 1. The summed E-state index contributed by atoms with van der Waals surface area (Å²) in [5, 5.41) is 6.37. The molecule has 0 spiro atoms.